The van der Waals surface area contributed by atoms with Gasteiger partial charge in [0, 0.05) is 6.42 Å². The van der Waals surface area contributed by atoms with Gasteiger partial charge in [-0.05, 0) is 25.5 Å². The Bertz CT molecular complexity index is 497. The molecular formula is C12H15N3O2. The monoisotopic (exact) mass is 233 g/mol. The second-order valence-corrected chi connectivity index (χ2v) is 4.22. The molecule has 0 aliphatic carbocycles. The zero-order chi connectivity index (χ0) is 11.7. The van der Waals surface area contributed by atoms with Crippen molar-refractivity contribution in [3.63, 3.8) is 0 Å². The standard InChI is InChI=1S/C12H15N3O2/c1-2-10-8(5-7-16-10)12-14-11(15-17-12)9-4-3-6-13-9/h5,7,9,13H,2-4,6H2,1H3. The van der Waals surface area contributed by atoms with Crippen molar-refractivity contribution in [2.75, 3.05) is 6.54 Å². The van der Waals surface area contributed by atoms with Crippen LogP contribution in [0.25, 0.3) is 11.5 Å². The molecule has 0 saturated carbocycles. The van der Waals surface area contributed by atoms with Crippen LogP contribution in [0, 0.1) is 0 Å². The van der Waals surface area contributed by atoms with Gasteiger partial charge < -0.3 is 14.3 Å². The predicted molar refractivity (Wildman–Crippen MR) is 61.4 cm³/mol. The van der Waals surface area contributed by atoms with Crippen LogP contribution in [-0.4, -0.2) is 16.7 Å². The predicted octanol–water partition coefficient (Wildman–Crippen LogP) is 2.32. The molecular weight excluding hydrogens is 218 g/mol. The van der Waals surface area contributed by atoms with E-state index in [-0.39, 0.29) is 6.04 Å². The molecule has 2 aromatic heterocycles. The molecule has 0 bridgehead atoms. The molecule has 5 heteroatoms. The Labute approximate surface area is 99.2 Å². The SMILES string of the molecule is CCc1occc1-c1nc(C2CCCN2)no1. The summed E-state index contributed by atoms with van der Waals surface area (Å²) in [5.74, 6) is 2.19. The number of furan rings is 1. The van der Waals surface area contributed by atoms with Crippen LogP contribution in [0.15, 0.2) is 21.3 Å². The Morgan fingerprint density at radius 3 is 3.24 bits per heavy atom. The molecule has 17 heavy (non-hydrogen) atoms. The summed E-state index contributed by atoms with van der Waals surface area (Å²) in [7, 11) is 0. The zero-order valence-electron chi connectivity index (χ0n) is 9.77. The van der Waals surface area contributed by atoms with E-state index in [0.29, 0.717) is 5.89 Å². The molecule has 3 rings (SSSR count). The molecule has 1 aliphatic heterocycles. The van der Waals surface area contributed by atoms with Crippen molar-refractivity contribution >= 4 is 0 Å². The van der Waals surface area contributed by atoms with Gasteiger partial charge in [0.05, 0.1) is 17.9 Å². The van der Waals surface area contributed by atoms with E-state index in [0.717, 1.165) is 36.5 Å². The minimum Gasteiger partial charge on any atom is -0.469 e. The average Bonchev–Trinajstić information content (AvgIpc) is 3.09. The van der Waals surface area contributed by atoms with Gasteiger partial charge in [-0.25, -0.2) is 0 Å². The van der Waals surface area contributed by atoms with Crippen LogP contribution >= 0.6 is 0 Å². The number of hydrogen-bond acceptors (Lipinski definition) is 5. The zero-order valence-corrected chi connectivity index (χ0v) is 9.77. The third-order valence-electron chi connectivity index (χ3n) is 3.11. The van der Waals surface area contributed by atoms with Crippen LogP contribution in [0.5, 0.6) is 0 Å². The molecule has 3 heterocycles. The van der Waals surface area contributed by atoms with Crippen molar-refractivity contribution in [3.8, 4) is 11.5 Å². The molecule has 1 aliphatic rings. The lowest BCUT2D eigenvalue weighted by Gasteiger charge is -2.01. The van der Waals surface area contributed by atoms with Crippen LogP contribution in [0.4, 0.5) is 0 Å². The maximum Gasteiger partial charge on any atom is 0.261 e. The summed E-state index contributed by atoms with van der Waals surface area (Å²) in [5, 5.41) is 7.39. The van der Waals surface area contributed by atoms with E-state index in [9.17, 15) is 0 Å². The Kier molecular flexibility index (Phi) is 2.68. The number of nitrogens with zero attached hydrogens (tertiary/aromatic N) is 2. The molecule has 1 fully saturated rings. The van der Waals surface area contributed by atoms with Crippen LogP contribution in [-0.2, 0) is 6.42 Å². The Balaban J connectivity index is 1.89. The molecule has 0 radical (unpaired) electrons. The molecule has 5 nitrogen and oxygen atoms in total. The maximum absolute atomic E-state index is 5.36. The molecule has 2 aromatic rings. The second kappa shape index (κ2) is 4.33. The fourth-order valence-electron chi connectivity index (χ4n) is 2.20. The lowest BCUT2D eigenvalue weighted by atomic mass is 10.2. The first kappa shape index (κ1) is 10.5. The van der Waals surface area contributed by atoms with Gasteiger partial charge in [-0.2, -0.15) is 4.98 Å². The van der Waals surface area contributed by atoms with Gasteiger partial charge in [0.15, 0.2) is 5.82 Å². The van der Waals surface area contributed by atoms with Crippen molar-refractivity contribution in [1.82, 2.24) is 15.5 Å². The quantitative estimate of drug-likeness (QED) is 0.881. The van der Waals surface area contributed by atoms with Crippen molar-refractivity contribution in [1.29, 1.82) is 0 Å². The fraction of sp³-hybridized carbons (Fsp3) is 0.500. The molecule has 90 valence electrons. The third kappa shape index (κ3) is 1.86. The molecule has 1 saturated heterocycles. The van der Waals surface area contributed by atoms with Gasteiger partial charge in [-0.1, -0.05) is 12.1 Å². The molecule has 0 aromatic carbocycles. The topological polar surface area (TPSA) is 64.1 Å². The first-order chi connectivity index (χ1) is 8.38. The highest BCUT2D eigenvalue weighted by molar-refractivity contribution is 5.55. The van der Waals surface area contributed by atoms with Crippen LogP contribution in [0.2, 0.25) is 0 Å². The fourth-order valence-corrected chi connectivity index (χ4v) is 2.20. The number of aryl methyl sites for hydroxylation is 1. The van der Waals surface area contributed by atoms with Gasteiger partial charge in [0.2, 0.25) is 0 Å². The molecule has 1 N–H and O–H groups in total. The summed E-state index contributed by atoms with van der Waals surface area (Å²) in [6, 6.07) is 2.11. The molecule has 1 unspecified atom stereocenters. The second-order valence-electron chi connectivity index (χ2n) is 4.22. The smallest absolute Gasteiger partial charge is 0.261 e. The number of aromatic nitrogens is 2. The van der Waals surface area contributed by atoms with E-state index < -0.39 is 0 Å². The maximum atomic E-state index is 5.36. The van der Waals surface area contributed by atoms with Crippen LogP contribution in [0.3, 0.4) is 0 Å². The highest BCUT2D eigenvalue weighted by atomic mass is 16.5. The van der Waals surface area contributed by atoms with Crippen molar-refractivity contribution in [2.45, 2.75) is 32.2 Å². The van der Waals surface area contributed by atoms with Crippen molar-refractivity contribution < 1.29 is 8.94 Å². The minimum atomic E-state index is 0.240. The van der Waals surface area contributed by atoms with Crippen molar-refractivity contribution in [3.05, 3.63) is 23.9 Å². The van der Waals surface area contributed by atoms with Gasteiger partial charge in [-0.15, -0.1) is 0 Å². The van der Waals surface area contributed by atoms with E-state index in [1.165, 1.54) is 6.42 Å². The summed E-state index contributed by atoms with van der Waals surface area (Å²) in [6.07, 6.45) is 4.72. The molecule has 0 amide bonds. The first-order valence-corrected chi connectivity index (χ1v) is 6.02. The Hall–Kier alpha value is -1.62. The highest BCUT2D eigenvalue weighted by Crippen LogP contribution is 2.27. The number of nitrogens with one attached hydrogen (secondary N) is 1. The Morgan fingerprint density at radius 1 is 1.53 bits per heavy atom. The summed E-state index contributed by atoms with van der Waals surface area (Å²) >= 11 is 0. The normalized spacial score (nSPS) is 19.9. The molecule has 0 spiro atoms. The van der Waals surface area contributed by atoms with Gasteiger partial charge in [-0.3, -0.25) is 0 Å². The lowest BCUT2D eigenvalue weighted by Crippen LogP contribution is -2.14. The van der Waals surface area contributed by atoms with Crippen molar-refractivity contribution in [2.24, 2.45) is 0 Å². The highest BCUT2D eigenvalue weighted by Gasteiger charge is 2.23. The first-order valence-electron chi connectivity index (χ1n) is 6.02. The van der Waals surface area contributed by atoms with Crippen LogP contribution in [0.1, 0.15) is 37.4 Å². The van der Waals surface area contributed by atoms with Gasteiger partial charge >= 0.3 is 0 Å². The van der Waals surface area contributed by atoms with E-state index in [4.69, 9.17) is 8.94 Å². The Morgan fingerprint density at radius 2 is 2.47 bits per heavy atom. The summed E-state index contributed by atoms with van der Waals surface area (Å²) in [4.78, 5) is 4.44. The third-order valence-corrected chi connectivity index (χ3v) is 3.11. The van der Waals surface area contributed by atoms with E-state index in [1.807, 2.05) is 13.0 Å². The molecule has 1 atom stereocenters. The van der Waals surface area contributed by atoms with Gasteiger partial charge in [0.1, 0.15) is 5.76 Å². The summed E-state index contributed by atoms with van der Waals surface area (Å²) < 4.78 is 10.7. The van der Waals surface area contributed by atoms with Crippen LogP contribution < -0.4 is 5.32 Å². The van der Waals surface area contributed by atoms with E-state index in [2.05, 4.69) is 15.5 Å². The number of rotatable bonds is 3. The van der Waals surface area contributed by atoms with E-state index >= 15 is 0 Å². The largest absolute Gasteiger partial charge is 0.469 e. The minimum absolute atomic E-state index is 0.240. The summed E-state index contributed by atoms with van der Waals surface area (Å²) in [5.41, 5.74) is 0.907. The summed E-state index contributed by atoms with van der Waals surface area (Å²) in [6.45, 7) is 3.07. The average molecular weight is 233 g/mol. The van der Waals surface area contributed by atoms with E-state index in [1.54, 1.807) is 6.26 Å². The van der Waals surface area contributed by atoms with Gasteiger partial charge in [0.25, 0.3) is 5.89 Å². The lowest BCUT2D eigenvalue weighted by molar-refractivity contribution is 0.410. The number of hydrogen-bond donors (Lipinski definition) is 1.